The van der Waals surface area contributed by atoms with Crippen LogP contribution in [0.2, 0.25) is 0 Å². The smallest absolute Gasteiger partial charge is 0.337 e. The molecule has 0 unspecified atom stereocenters. The van der Waals surface area contributed by atoms with Crippen molar-refractivity contribution in [1.29, 1.82) is 0 Å². The fraction of sp³-hybridized carbons (Fsp3) is 0.286. The molecule has 1 aromatic carbocycles. The number of ether oxygens (including phenoxy) is 1. The molecule has 3 aromatic rings. The summed E-state index contributed by atoms with van der Waals surface area (Å²) in [6, 6.07) is 9.84. The van der Waals surface area contributed by atoms with Crippen molar-refractivity contribution < 1.29 is 13.9 Å². The SMILES string of the molecule is CCCc1cnc(-c2cc(C(=O)OC)ccn2)n1CCc1ccc(F)cc1. The van der Waals surface area contributed by atoms with Gasteiger partial charge in [0, 0.05) is 24.6 Å². The number of halogens is 1. The Balaban J connectivity index is 1.91. The number of rotatable bonds is 7. The zero-order valence-electron chi connectivity index (χ0n) is 15.5. The first-order valence-corrected chi connectivity index (χ1v) is 8.96. The second-order valence-electron chi connectivity index (χ2n) is 6.27. The molecular formula is C21H22FN3O2. The van der Waals surface area contributed by atoms with Gasteiger partial charge in [0.15, 0.2) is 5.82 Å². The van der Waals surface area contributed by atoms with Crippen molar-refractivity contribution >= 4 is 5.97 Å². The van der Waals surface area contributed by atoms with Gasteiger partial charge in [-0.15, -0.1) is 0 Å². The van der Waals surface area contributed by atoms with Gasteiger partial charge >= 0.3 is 5.97 Å². The number of imidazole rings is 1. The maximum atomic E-state index is 13.1. The lowest BCUT2D eigenvalue weighted by molar-refractivity contribution is 0.0600. The molecule has 0 N–H and O–H groups in total. The summed E-state index contributed by atoms with van der Waals surface area (Å²) in [7, 11) is 1.35. The van der Waals surface area contributed by atoms with Crippen molar-refractivity contribution in [2.75, 3.05) is 7.11 Å². The number of aryl methyl sites for hydroxylation is 2. The van der Waals surface area contributed by atoms with E-state index in [-0.39, 0.29) is 5.82 Å². The number of pyridine rings is 1. The van der Waals surface area contributed by atoms with E-state index in [0.717, 1.165) is 30.5 Å². The minimum atomic E-state index is -0.406. The third-order valence-corrected chi connectivity index (χ3v) is 4.39. The standard InChI is InChI=1S/C21H22FN3O2/c1-3-4-18-14-24-20(19-13-16(9-11-23-19)21(26)27-2)25(18)12-10-15-5-7-17(22)8-6-15/h5-9,11,13-14H,3-4,10,12H2,1-2H3. The van der Waals surface area contributed by atoms with Gasteiger partial charge in [0.25, 0.3) is 0 Å². The molecule has 0 aliphatic carbocycles. The fourth-order valence-electron chi connectivity index (χ4n) is 3.01. The van der Waals surface area contributed by atoms with Crippen molar-refractivity contribution in [2.45, 2.75) is 32.7 Å². The molecule has 0 aliphatic heterocycles. The average Bonchev–Trinajstić information content (AvgIpc) is 3.10. The van der Waals surface area contributed by atoms with Crippen LogP contribution in [-0.2, 0) is 24.1 Å². The summed E-state index contributed by atoms with van der Waals surface area (Å²) < 4.78 is 20.0. The predicted molar refractivity (Wildman–Crippen MR) is 101 cm³/mol. The van der Waals surface area contributed by atoms with Crippen LogP contribution < -0.4 is 0 Å². The van der Waals surface area contributed by atoms with E-state index in [9.17, 15) is 9.18 Å². The molecule has 0 amide bonds. The number of hydrogen-bond acceptors (Lipinski definition) is 4. The molecule has 2 heterocycles. The molecule has 27 heavy (non-hydrogen) atoms. The Morgan fingerprint density at radius 2 is 1.93 bits per heavy atom. The summed E-state index contributed by atoms with van der Waals surface area (Å²) in [4.78, 5) is 20.8. The van der Waals surface area contributed by atoms with E-state index < -0.39 is 5.97 Å². The van der Waals surface area contributed by atoms with E-state index in [0.29, 0.717) is 23.6 Å². The molecule has 140 valence electrons. The fourth-order valence-corrected chi connectivity index (χ4v) is 3.01. The molecule has 0 fully saturated rings. The average molecular weight is 367 g/mol. The first-order valence-electron chi connectivity index (χ1n) is 8.96. The van der Waals surface area contributed by atoms with Gasteiger partial charge in [-0.1, -0.05) is 25.5 Å². The van der Waals surface area contributed by atoms with Crippen LogP contribution in [0.1, 0.15) is 35.0 Å². The van der Waals surface area contributed by atoms with Crippen LogP contribution in [0.4, 0.5) is 4.39 Å². The van der Waals surface area contributed by atoms with Crippen LogP contribution in [0.3, 0.4) is 0 Å². The molecule has 0 aliphatic rings. The second kappa shape index (κ2) is 8.58. The number of aromatic nitrogens is 3. The Labute approximate surface area is 157 Å². The van der Waals surface area contributed by atoms with Gasteiger partial charge in [-0.2, -0.15) is 0 Å². The molecule has 6 heteroatoms. The lowest BCUT2D eigenvalue weighted by Crippen LogP contribution is -2.09. The van der Waals surface area contributed by atoms with Gasteiger partial charge in [-0.3, -0.25) is 4.98 Å². The number of nitrogens with zero attached hydrogens (tertiary/aromatic N) is 3. The van der Waals surface area contributed by atoms with Crippen LogP contribution >= 0.6 is 0 Å². The zero-order chi connectivity index (χ0) is 19.2. The summed E-state index contributed by atoms with van der Waals surface area (Å²) in [5.74, 6) is 0.0701. The highest BCUT2D eigenvalue weighted by Crippen LogP contribution is 2.21. The van der Waals surface area contributed by atoms with Crippen LogP contribution in [-0.4, -0.2) is 27.6 Å². The molecule has 0 radical (unpaired) electrons. The maximum Gasteiger partial charge on any atom is 0.337 e. The third-order valence-electron chi connectivity index (χ3n) is 4.39. The molecule has 3 rings (SSSR count). The monoisotopic (exact) mass is 367 g/mol. The van der Waals surface area contributed by atoms with Crippen LogP contribution in [0.15, 0.2) is 48.8 Å². The van der Waals surface area contributed by atoms with Gasteiger partial charge in [0.05, 0.1) is 12.7 Å². The molecule has 0 saturated carbocycles. The molecule has 0 atom stereocenters. The van der Waals surface area contributed by atoms with E-state index >= 15 is 0 Å². The van der Waals surface area contributed by atoms with Crippen molar-refractivity contribution in [2.24, 2.45) is 0 Å². The van der Waals surface area contributed by atoms with Crippen molar-refractivity contribution in [3.05, 3.63) is 71.4 Å². The molecule has 0 bridgehead atoms. The predicted octanol–water partition coefficient (Wildman–Crippen LogP) is 4.07. The van der Waals surface area contributed by atoms with E-state index in [1.165, 1.54) is 19.2 Å². The Bertz CT molecular complexity index is 919. The number of esters is 1. The molecular weight excluding hydrogens is 345 g/mol. The highest BCUT2D eigenvalue weighted by molar-refractivity contribution is 5.90. The van der Waals surface area contributed by atoms with Gasteiger partial charge in [-0.05, 0) is 42.7 Å². The highest BCUT2D eigenvalue weighted by atomic mass is 19.1. The van der Waals surface area contributed by atoms with Gasteiger partial charge < -0.3 is 9.30 Å². The Morgan fingerprint density at radius 1 is 1.15 bits per heavy atom. The summed E-state index contributed by atoms with van der Waals surface area (Å²) in [5, 5.41) is 0. The molecule has 2 aromatic heterocycles. The van der Waals surface area contributed by atoms with Crippen LogP contribution in [0.5, 0.6) is 0 Å². The Hall–Kier alpha value is -3.02. The highest BCUT2D eigenvalue weighted by Gasteiger charge is 2.15. The van der Waals surface area contributed by atoms with Gasteiger partial charge in [0.2, 0.25) is 0 Å². The number of benzene rings is 1. The number of carbonyl (C=O) groups is 1. The van der Waals surface area contributed by atoms with Crippen molar-refractivity contribution in [1.82, 2.24) is 14.5 Å². The first kappa shape index (κ1) is 18.8. The quantitative estimate of drug-likeness (QED) is 0.591. The van der Waals surface area contributed by atoms with Gasteiger partial charge in [-0.25, -0.2) is 14.2 Å². The van der Waals surface area contributed by atoms with E-state index in [2.05, 4.69) is 21.5 Å². The Kier molecular flexibility index (Phi) is 5.96. The lowest BCUT2D eigenvalue weighted by atomic mass is 10.1. The van der Waals surface area contributed by atoms with E-state index in [4.69, 9.17) is 4.74 Å². The normalized spacial score (nSPS) is 10.8. The first-order chi connectivity index (χ1) is 13.1. The lowest BCUT2D eigenvalue weighted by Gasteiger charge is -2.12. The molecule has 5 nitrogen and oxygen atoms in total. The largest absolute Gasteiger partial charge is 0.465 e. The second-order valence-corrected chi connectivity index (χ2v) is 6.27. The summed E-state index contributed by atoms with van der Waals surface area (Å²) >= 11 is 0. The third kappa shape index (κ3) is 4.39. The number of carbonyl (C=O) groups excluding carboxylic acids is 1. The molecule has 0 saturated heterocycles. The van der Waals surface area contributed by atoms with Gasteiger partial charge in [0.1, 0.15) is 11.5 Å². The minimum absolute atomic E-state index is 0.238. The van der Waals surface area contributed by atoms with Crippen LogP contribution in [0.25, 0.3) is 11.5 Å². The summed E-state index contributed by atoms with van der Waals surface area (Å²) in [5.41, 5.74) is 3.22. The number of methoxy groups -OCH3 is 1. The Morgan fingerprint density at radius 3 is 2.63 bits per heavy atom. The summed E-state index contributed by atoms with van der Waals surface area (Å²) in [6.07, 6.45) is 6.08. The van der Waals surface area contributed by atoms with Crippen molar-refractivity contribution in [3.63, 3.8) is 0 Å². The zero-order valence-corrected chi connectivity index (χ0v) is 15.5. The topological polar surface area (TPSA) is 57.0 Å². The summed E-state index contributed by atoms with van der Waals surface area (Å²) in [6.45, 7) is 2.81. The van der Waals surface area contributed by atoms with Crippen molar-refractivity contribution in [3.8, 4) is 11.5 Å². The van der Waals surface area contributed by atoms with E-state index in [1.54, 1.807) is 30.5 Å². The maximum absolute atomic E-state index is 13.1. The van der Waals surface area contributed by atoms with Crippen LogP contribution in [0, 0.1) is 5.82 Å². The minimum Gasteiger partial charge on any atom is -0.465 e. The molecule has 0 spiro atoms. The number of hydrogen-bond donors (Lipinski definition) is 0. The van der Waals surface area contributed by atoms with E-state index in [1.807, 2.05) is 6.20 Å².